The summed E-state index contributed by atoms with van der Waals surface area (Å²) < 4.78 is 10.5. The highest BCUT2D eigenvalue weighted by Crippen LogP contribution is 2.30. The molecule has 9 heteroatoms. The second-order valence-electron chi connectivity index (χ2n) is 6.13. The number of urea groups is 1. The van der Waals surface area contributed by atoms with Crippen molar-refractivity contribution < 1.29 is 23.9 Å². The van der Waals surface area contributed by atoms with Crippen LogP contribution in [0.15, 0.2) is 29.3 Å². The number of morpholine rings is 1. The normalized spacial score (nSPS) is 21.6. The van der Waals surface area contributed by atoms with Crippen LogP contribution in [0.25, 0.3) is 0 Å². The predicted molar refractivity (Wildman–Crippen MR) is 98.1 cm³/mol. The first-order valence-electron chi connectivity index (χ1n) is 8.73. The number of imide groups is 2. The molecule has 144 valence electrons. The van der Waals surface area contributed by atoms with Gasteiger partial charge in [-0.2, -0.15) is 0 Å². The molecule has 0 spiro atoms. The number of rotatable bonds is 6. The van der Waals surface area contributed by atoms with E-state index in [-0.39, 0.29) is 5.69 Å². The zero-order valence-electron chi connectivity index (χ0n) is 15.1. The molecule has 0 unspecified atom stereocenters. The highest BCUT2D eigenvalue weighted by molar-refractivity contribution is 6.32. The van der Waals surface area contributed by atoms with Gasteiger partial charge in [0.05, 0.1) is 32.6 Å². The Morgan fingerprint density at radius 1 is 1.26 bits per heavy atom. The summed E-state index contributed by atoms with van der Waals surface area (Å²) in [5, 5.41) is 2.20. The van der Waals surface area contributed by atoms with Gasteiger partial charge in [0.15, 0.2) is 5.92 Å². The lowest BCUT2D eigenvalue weighted by molar-refractivity contribution is -0.131. The summed E-state index contributed by atoms with van der Waals surface area (Å²) in [7, 11) is 1.45. The predicted octanol–water partition coefficient (Wildman–Crippen LogP) is 0.297. The van der Waals surface area contributed by atoms with Crippen molar-refractivity contribution in [1.29, 1.82) is 0 Å². The number of aliphatic imine (C=N–C) groups is 1. The maximum Gasteiger partial charge on any atom is 0.335 e. The van der Waals surface area contributed by atoms with Crippen LogP contribution < -0.4 is 15.0 Å². The number of carbonyl (C=O) groups is 3. The van der Waals surface area contributed by atoms with Gasteiger partial charge in [0.25, 0.3) is 5.91 Å². The largest absolute Gasteiger partial charge is 0.495 e. The Labute approximate surface area is 156 Å². The summed E-state index contributed by atoms with van der Waals surface area (Å²) in [4.78, 5) is 44.5. The zero-order chi connectivity index (χ0) is 19.2. The van der Waals surface area contributed by atoms with Gasteiger partial charge >= 0.3 is 6.03 Å². The standard InChI is InChI=1S/C18H22N4O5/c1-26-15-5-3-2-4-14(15)22-17(24)13(16(23)20-18(22)25)12-19-6-7-21-8-10-27-11-9-21/h2-5,12-13H,6-11H2,1H3,(H,20,23,25)/t13-/m1/s1. The lowest BCUT2D eigenvalue weighted by Gasteiger charge is -2.29. The number of amides is 4. The lowest BCUT2D eigenvalue weighted by atomic mass is 10.1. The van der Waals surface area contributed by atoms with Crippen molar-refractivity contribution in [2.75, 3.05) is 51.4 Å². The molecule has 0 bridgehead atoms. The van der Waals surface area contributed by atoms with Crippen LogP contribution in [0, 0.1) is 5.92 Å². The van der Waals surface area contributed by atoms with Gasteiger partial charge < -0.3 is 9.47 Å². The van der Waals surface area contributed by atoms with E-state index in [0.717, 1.165) is 24.5 Å². The van der Waals surface area contributed by atoms with Crippen LogP contribution in [-0.2, 0) is 14.3 Å². The summed E-state index contributed by atoms with van der Waals surface area (Å²) in [5.41, 5.74) is 0.279. The Morgan fingerprint density at radius 3 is 2.74 bits per heavy atom. The third kappa shape index (κ3) is 4.32. The topological polar surface area (TPSA) is 101 Å². The number of barbiturate groups is 1. The molecule has 27 heavy (non-hydrogen) atoms. The summed E-state index contributed by atoms with van der Waals surface area (Å²) in [6.07, 6.45) is 1.31. The molecule has 2 saturated heterocycles. The van der Waals surface area contributed by atoms with E-state index >= 15 is 0 Å². The molecule has 2 aliphatic rings. The van der Waals surface area contributed by atoms with Crippen LogP contribution in [0.5, 0.6) is 5.75 Å². The van der Waals surface area contributed by atoms with Crippen molar-refractivity contribution >= 4 is 29.7 Å². The number of hydrogen-bond donors (Lipinski definition) is 1. The lowest BCUT2D eigenvalue weighted by Crippen LogP contribution is -2.58. The van der Waals surface area contributed by atoms with E-state index in [2.05, 4.69) is 15.2 Å². The number of para-hydroxylation sites is 2. The Kier molecular flexibility index (Phi) is 6.15. The SMILES string of the molecule is COc1ccccc1N1C(=O)NC(=O)[C@@H](C=NCCN2CCOCC2)C1=O. The minimum Gasteiger partial charge on any atom is -0.495 e. The van der Waals surface area contributed by atoms with Crippen molar-refractivity contribution in [2.45, 2.75) is 0 Å². The summed E-state index contributed by atoms with van der Waals surface area (Å²) >= 11 is 0. The number of carbonyl (C=O) groups excluding carboxylic acids is 3. The van der Waals surface area contributed by atoms with Crippen LogP contribution in [0.1, 0.15) is 0 Å². The summed E-state index contributed by atoms with van der Waals surface area (Å²) in [6, 6.07) is 5.83. The van der Waals surface area contributed by atoms with E-state index in [1.807, 2.05) is 0 Å². The molecular weight excluding hydrogens is 352 g/mol. The number of benzene rings is 1. The average Bonchev–Trinajstić information content (AvgIpc) is 2.68. The van der Waals surface area contributed by atoms with Gasteiger partial charge in [-0.05, 0) is 12.1 Å². The molecule has 1 N–H and O–H groups in total. The van der Waals surface area contributed by atoms with Gasteiger partial charge in [-0.1, -0.05) is 12.1 Å². The highest BCUT2D eigenvalue weighted by Gasteiger charge is 2.41. The van der Waals surface area contributed by atoms with E-state index in [1.54, 1.807) is 24.3 Å². The quantitative estimate of drug-likeness (QED) is 0.568. The molecule has 4 amide bonds. The van der Waals surface area contributed by atoms with E-state index in [4.69, 9.17) is 9.47 Å². The van der Waals surface area contributed by atoms with Crippen LogP contribution in [0.4, 0.5) is 10.5 Å². The van der Waals surface area contributed by atoms with Gasteiger partial charge in [-0.15, -0.1) is 0 Å². The minimum atomic E-state index is -1.16. The van der Waals surface area contributed by atoms with Crippen LogP contribution in [0.3, 0.4) is 0 Å². The number of methoxy groups -OCH3 is 1. The molecule has 0 radical (unpaired) electrons. The monoisotopic (exact) mass is 374 g/mol. The second kappa shape index (κ2) is 8.74. The van der Waals surface area contributed by atoms with Crippen molar-refractivity contribution in [3.05, 3.63) is 24.3 Å². The first-order valence-corrected chi connectivity index (χ1v) is 8.73. The van der Waals surface area contributed by atoms with Gasteiger partial charge in [0.1, 0.15) is 5.75 Å². The first kappa shape index (κ1) is 19.0. The summed E-state index contributed by atoms with van der Waals surface area (Å²) in [5.74, 6) is -2.12. The van der Waals surface area contributed by atoms with Gasteiger partial charge in [-0.25, -0.2) is 9.69 Å². The second-order valence-corrected chi connectivity index (χ2v) is 6.13. The van der Waals surface area contributed by atoms with Crippen LogP contribution in [-0.4, -0.2) is 75.5 Å². The van der Waals surface area contributed by atoms with E-state index in [1.165, 1.54) is 13.3 Å². The molecule has 0 saturated carbocycles. The number of nitrogens with zero attached hydrogens (tertiary/aromatic N) is 3. The molecule has 3 rings (SSSR count). The number of nitrogens with one attached hydrogen (secondary N) is 1. The molecule has 0 aliphatic carbocycles. The molecule has 1 aromatic rings. The van der Waals surface area contributed by atoms with Crippen molar-refractivity contribution in [3.63, 3.8) is 0 Å². The van der Waals surface area contributed by atoms with Crippen molar-refractivity contribution in [1.82, 2.24) is 10.2 Å². The van der Waals surface area contributed by atoms with E-state index in [0.29, 0.717) is 25.5 Å². The van der Waals surface area contributed by atoms with Crippen molar-refractivity contribution in [2.24, 2.45) is 10.9 Å². The van der Waals surface area contributed by atoms with Crippen LogP contribution >= 0.6 is 0 Å². The fraction of sp³-hybridized carbons (Fsp3) is 0.444. The molecular formula is C18H22N4O5. The summed E-state index contributed by atoms with van der Waals surface area (Å²) in [6.45, 7) is 4.26. The third-order valence-electron chi connectivity index (χ3n) is 4.43. The molecule has 2 aliphatic heterocycles. The highest BCUT2D eigenvalue weighted by atomic mass is 16.5. The Balaban J connectivity index is 1.69. The Hall–Kier alpha value is -2.78. The molecule has 9 nitrogen and oxygen atoms in total. The maximum atomic E-state index is 12.8. The number of hydrogen-bond acceptors (Lipinski definition) is 7. The van der Waals surface area contributed by atoms with Crippen LogP contribution in [0.2, 0.25) is 0 Å². The Morgan fingerprint density at radius 2 is 2.00 bits per heavy atom. The number of anilines is 1. The minimum absolute atomic E-state index is 0.279. The number of ether oxygens (including phenoxy) is 2. The third-order valence-corrected chi connectivity index (χ3v) is 4.43. The molecule has 1 atom stereocenters. The van der Waals surface area contributed by atoms with E-state index < -0.39 is 23.8 Å². The van der Waals surface area contributed by atoms with E-state index in [9.17, 15) is 14.4 Å². The zero-order valence-corrected chi connectivity index (χ0v) is 15.1. The van der Waals surface area contributed by atoms with Gasteiger partial charge in [0, 0.05) is 25.8 Å². The molecule has 2 fully saturated rings. The molecule has 2 heterocycles. The molecule has 1 aromatic carbocycles. The Bertz CT molecular complexity index is 745. The van der Waals surface area contributed by atoms with Gasteiger partial charge in [0.2, 0.25) is 5.91 Å². The average molecular weight is 374 g/mol. The maximum absolute atomic E-state index is 12.8. The fourth-order valence-corrected chi connectivity index (χ4v) is 2.97. The smallest absolute Gasteiger partial charge is 0.335 e. The fourth-order valence-electron chi connectivity index (χ4n) is 2.97. The molecule has 0 aromatic heterocycles. The first-order chi connectivity index (χ1) is 13.1. The van der Waals surface area contributed by atoms with Crippen molar-refractivity contribution in [3.8, 4) is 5.75 Å². The van der Waals surface area contributed by atoms with Gasteiger partial charge in [-0.3, -0.25) is 24.8 Å².